The second kappa shape index (κ2) is 10.8. The molecule has 32 heavy (non-hydrogen) atoms. The summed E-state index contributed by atoms with van der Waals surface area (Å²) in [5, 5.41) is 0. The second-order valence-electron chi connectivity index (χ2n) is 6.76. The minimum absolute atomic E-state index is 0.252. The fourth-order valence-corrected chi connectivity index (χ4v) is 5.42. The first-order valence-corrected chi connectivity index (χ1v) is 11.4. The Morgan fingerprint density at radius 1 is 0.594 bits per heavy atom. The number of benzene rings is 3. The first-order chi connectivity index (χ1) is 15.5. The maximum Gasteiger partial charge on any atom is 0.199 e. The van der Waals surface area contributed by atoms with E-state index in [-0.39, 0.29) is 28.3 Å². The fourth-order valence-electron chi connectivity index (χ4n) is 3.40. The molecule has 7 heteroatoms. The molecule has 3 aromatic carbocycles. The predicted octanol–water partition coefficient (Wildman–Crippen LogP) is 5.38. The molecule has 0 spiro atoms. The van der Waals surface area contributed by atoms with Gasteiger partial charge in [0, 0.05) is 6.16 Å². The van der Waals surface area contributed by atoms with Crippen LogP contribution in [0.3, 0.4) is 0 Å². The smallest absolute Gasteiger partial charge is 0.199 e. The lowest BCUT2D eigenvalue weighted by molar-refractivity contribution is 0.104. The molecular formula is C25H25O6P. The summed E-state index contributed by atoms with van der Waals surface area (Å²) in [6.45, 7) is 0. The van der Waals surface area contributed by atoms with E-state index < -0.39 is 7.92 Å². The Morgan fingerprint density at radius 3 is 1.31 bits per heavy atom. The molecule has 0 radical (unpaired) electrons. The van der Waals surface area contributed by atoms with E-state index >= 15 is 0 Å². The van der Waals surface area contributed by atoms with E-state index in [1.807, 2.05) is 30.3 Å². The highest BCUT2D eigenvalue weighted by molar-refractivity contribution is 7.89. The molecule has 0 fully saturated rings. The lowest BCUT2D eigenvalue weighted by Gasteiger charge is -2.20. The SMILES string of the molecule is COc1cccc(OC)c1C(=O)P(Cc1ccccc1)C(=O)c1c(OC)cccc1OC. The molecule has 0 amide bonds. The zero-order valence-corrected chi connectivity index (χ0v) is 19.3. The summed E-state index contributed by atoms with van der Waals surface area (Å²) in [7, 11) is 4.03. The van der Waals surface area contributed by atoms with Crippen LogP contribution in [-0.4, -0.2) is 39.5 Å². The Labute approximate surface area is 188 Å². The Hall–Kier alpha value is -3.37. The van der Waals surface area contributed by atoms with E-state index in [4.69, 9.17) is 18.9 Å². The number of hydrogen-bond acceptors (Lipinski definition) is 6. The van der Waals surface area contributed by atoms with Crippen LogP contribution in [0.5, 0.6) is 23.0 Å². The number of hydrogen-bond donors (Lipinski definition) is 0. The van der Waals surface area contributed by atoms with Crippen LogP contribution < -0.4 is 18.9 Å². The van der Waals surface area contributed by atoms with Crippen LogP contribution in [0.1, 0.15) is 26.3 Å². The highest BCUT2D eigenvalue weighted by Crippen LogP contribution is 2.52. The van der Waals surface area contributed by atoms with Gasteiger partial charge in [0.2, 0.25) is 0 Å². The van der Waals surface area contributed by atoms with E-state index in [0.29, 0.717) is 23.0 Å². The standard InChI is InChI=1S/C25H25O6P/c1-28-18-12-8-13-19(29-2)22(18)24(26)32(16-17-10-6-5-7-11-17)25(27)23-20(30-3)14-9-15-21(23)31-4/h5-15H,16H2,1-4H3. The van der Waals surface area contributed by atoms with Gasteiger partial charge in [0.1, 0.15) is 34.1 Å². The van der Waals surface area contributed by atoms with Crippen LogP contribution in [0, 0.1) is 0 Å². The van der Waals surface area contributed by atoms with Crippen LogP contribution in [0.4, 0.5) is 0 Å². The minimum Gasteiger partial charge on any atom is -0.496 e. The molecule has 0 aliphatic rings. The van der Waals surface area contributed by atoms with Crippen molar-refractivity contribution in [1.82, 2.24) is 0 Å². The van der Waals surface area contributed by atoms with Gasteiger partial charge in [0.25, 0.3) is 0 Å². The molecule has 0 saturated heterocycles. The number of methoxy groups -OCH3 is 4. The van der Waals surface area contributed by atoms with Crippen molar-refractivity contribution < 1.29 is 28.5 Å². The highest BCUT2D eigenvalue weighted by atomic mass is 31.1. The van der Waals surface area contributed by atoms with Crippen LogP contribution in [0.15, 0.2) is 66.7 Å². The second-order valence-corrected chi connectivity index (χ2v) is 8.74. The van der Waals surface area contributed by atoms with Gasteiger partial charge in [-0.1, -0.05) is 42.5 Å². The topological polar surface area (TPSA) is 71.1 Å². The van der Waals surface area contributed by atoms with Crippen molar-refractivity contribution >= 4 is 19.0 Å². The largest absolute Gasteiger partial charge is 0.496 e. The maximum absolute atomic E-state index is 13.9. The fraction of sp³-hybridized carbons (Fsp3) is 0.200. The highest BCUT2D eigenvalue weighted by Gasteiger charge is 2.35. The summed E-state index contributed by atoms with van der Waals surface area (Å²) in [4.78, 5) is 27.8. The molecule has 0 N–H and O–H groups in total. The molecule has 0 saturated carbocycles. The third-order valence-electron chi connectivity index (χ3n) is 4.96. The summed E-state index contributed by atoms with van der Waals surface area (Å²) in [5.74, 6) is 1.42. The van der Waals surface area contributed by atoms with E-state index in [1.54, 1.807) is 36.4 Å². The summed E-state index contributed by atoms with van der Waals surface area (Å²) in [6.07, 6.45) is 0.260. The van der Waals surface area contributed by atoms with Crippen LogP contribution in [-0.2, 0) is 6.16 Å². The van der Waals surface area contributed by atoms with Crippen LogP contribution in [0.25, 0.3) is 0 Å². The van der Waals surface area contributed by atoms with E-state index in [1.165, 1.54) is 28.4 Å². The Bertz CT molecular complexity index is 985. The zero-order chi connectivity index (χ0) is 23.1. The Balaban J connectivity index is 2.17. The Kier molecular flexibility index (Phi) is 7.85. The lowest BCUT2D eigenvalue weighted by atomic mass is 10.2. The normalized spacial score (nSPS) is 10.5. The van der Waals surface area contributed by atoms with E-state index in [0.717, 1.165) is 5.56 Å². The van der Waals surface area contributed by atoms with Crippen LogP contribution in [0.2, 0.25) is 0 Å². The maximum atomic E-state index is 13.9. The molecule has 0 heterocycles. The van der Waals surface area contributed by atoms with Gasteiger partial charge in [-0.15, -0.1) is 0 Å². The molecule has 0 atom stereocenters. The monoisotopic (exact) mass is 452 g/mol. The molecule has 0 aliphatic carbocycles. The minimum atomic E-state index is -1.90. The third-order valence-corrected chi connectivity index (χ3v) is 7.07. The predicted molar refractivity (Wildman–Crippen MR) is 125 cm³/mol. The van der Waals surface area contributed by atoms with Gasteiger partial charge in [-0.05, 0) is 29.8 Å². The number of rotatable bonds is 10. The van der Waals surface area contributed by atoms with Crippen LogP contribution >= 0.6 is 7.92 Å². The van der Waals surface area contributed by atoms with Crippen molar-refractivity contribution in [3.63, 3.8) is 0 Å². The van der Waals surface area contributed by atoms with Gasteiger partial charge < -0.3 is 18.9 Å². The summed E-state index contributed by atoms with van der Waals surface area (Å²) < 4.78 is 21.7. The van der Waals surface area contributed by atoms with Crippen molar-refractivity contribution in [2.24, 2.45) is 0 Å². The molecular weight excluding hydrogens is 427 g/mol. The van der Waals surface area contributed by atoms with Crippen molar-refractivity contribution in [2.75, 3.05) is 28.4 Å². The number of ether oxygens (including phenoxy) is 4. The van der Waals surface area contributed by atoms with Crippen molar-refractivity contribution in [3.05, 3.63) is 83.4 Å². The summed E-state index contributed by atoms with van der Waals surface area (Å²) >= 11 is 0. The van der Waals surface area contributed by atoms with Gasteiger partial charge in [0.05, 0.1) is 36.4 Å². The quantitative estimate of drug-likeness (QED) is 0.385. The van der Waals surface area contributed by atoms with Gasteiger partial charge in [-0.2, -0.15) is 0 Å². The molecule has 6 nitrogen and oxygen atoms in total. The Morgan fingerprint density at radius 2 is 0.969 bits per heavy atom. The molecule has 3 aromatic rings. The molecule has 166 valence electrons. The summed E-state index contributed by atoms with van der Waals surface area (Å²) in [5.41, 5.74) is 0.707. The van der Waals surface area contributed by atoms with E-state index in [9.17, 15) is 9.59 Å². The van der Waals surface area contributed by atoms with Crippen molar-refractivity contribution in [3.8, 4) is 23.0 Å². The molecule has 0 bridgehead atoms. The molecule has 0 aliphatic heterocycles. The van der Waals surface area contributed by atoms with Gasteiger partial charge in [-0.25, -0.2) is 0 Å². The zero-order valence-electron chi connectivity index (χ0n) is 18.5. The average molecular weight is 452 g/mol. The number of carbonyl (C=O) groups is 2. The first kappa shape index (κ1) is 23.3. The van der Waals surface area contributed by atoms with Gasteiger partial charge in [-0.3, -0.25) is 9.59 Å². The summed E-state index contributed by atoms with van der Waals surface area (Å²) in [6, 6.07) is 19.6. The molecule has 0 unspecified atom stereocenters. The first-order valence-electron chi connectivity index (χ1n) is 9.87. The van der Waals surface area contributed by atoms with Gasteiger partial charge >= 0.3 is 0 Å². The van der Waals surface area contributed by atoms with Gasteiger partial charge in [0.15, 0.2) is 11.0 Å². The van der Waals surface area contributed by atoms with Crippen molar-refractivity contribution in [2.45, 2.75) is 6.16 Å². The van der Waals surface area contributed by atoms with E-state index in [2.05, 4.69) is 0 Å². The average Bonchev–Trinajstić information content (AvgIpc) is 2.85. The lowest BCUT2D eigenvalue weighted by Crippen LogP contribution is -2.12. The van der Waals surface area contributed by atoms with Crippen molar-refractivity contribution in [1.29, 1.82) is 0 Å². The molecule has 0 aromatic heterocycles. The third kappa shape index (κ3) is 4.76. The number of carbonyl (C=O) groups excluding carboxylic acids is 2. The molecule has 3 rings (SSSR count).